The molecule has 0 radical (unpaired) electrons. The molecule has 0 unspecified atom stereocenters. The molecule has 192 valence electrons. The monoisotopic (exact) mass is 518 g/mol. The van der Waals surface area contributed by atoms with Gasteiger partial charge in [0, 0.05) is 64.6 Å². The van der Waals surface area contributed by atoms with Crippen molar-refractivity contribution < 1.29 is 19.1 Å². The minimum atomic E-state index is -0.544. The molecule has 6 nitrogen and oxygen atoms in total. The highest BCUT2D eigenvalue weighted by Gasteiger charge is 2.43. The number of allylic oxidation sites excluding steroid dienone is 4. The molecule has 7 heteroatoms. The minimum Gasteiger partial charge on any atom is -0.483 e. The number of nitrogens with zero attached hydrogens (tertiary/aromatic N) is 1. The lowest BCUT2D eigenvalue weighted by Gasteiger charge is -2.42. The first-order valence-electron chi connectivity index (χ1n) is 12.8. The molecule has 1 N–H and O–H groups in total. The molecule has 0 saturated heterocycles. The Kier molecular flexibility index (Phi) is 6.95. The van der Waals surface area contributed by atoms with E-state index in [-0.39, 0.29) is 24.1 Å². The van der Waals surface area contributed by atoms with E-state index < -0.39 is 5.92 Å². The number of Topliss-reactive ketones (excluding diaryl/α,β-unsaturated/α-hetero) is 2. The van der Waals surface area contributed by atoms with E-state index in [9.17, 15) is 14.4 Å². The highest BCUT2D eigenvalue weighted by atomic mass is 35.5. The molecule has 37 heavy (non-hydrogen) atoms. The summed E-state index contributed by atoms with van der Waals surface area (Å²) in [5, 5.41) is 3.40. The number of nitrogens with one attached hydrogen (secondary N) is 1. The van der Waals surface area contributed by atoms with Crippen LogP contribution >= 0.6 is 11.6 Å². The number of benzene rings is 2. The van der Waals surface area contributed by atoms with Crippen molar-refractivity contribution in [2.75, 3.05) is 19.0 Å². The summed E-state index contributed by atoms with van der Waals surface area (Å²) in [6.07, 6.45) is 4.07. The van der Waals surface area contributed by atoms with Gasteiger partial charge in [-0.1, -0.05) is 23.7 Å². The van der Waals surface area contributed by atoms with Crippen LogP contribution < -0.4 is 10.1 Å². The van der Waals surface area contributed by atoms with E-state index in [1.807, 2.05) is 39.1 Å². The number of carbonyl (C=O) groups excluding carboxylic acids is 3. The van der Waals surface area contributed by atoms with Crippen LogP contribution in [0.3, 0.4) is 0 Å². The van der Waals surface area contributed by atoms with E-state index in [1.165, 1.54) is 0 Å². The number of amides is 1. The van der Waals surface area contributed by atoms with Crippen LogP contribution in [0.25, 0.3) is 0 Å². The summed E-state index contributed by atoms with van der Waals surface area (Å²) >= 11 is 6.44. The van der Waals surface area contributed by atoms with Crippen molar-refractivity contribution >= 4 is 34.8 Å². The molecule has 0 bridgehead atoms. The van der Waals surface area contributed by atoms with Crippen LogP contribution in [0.5, 0.6) is 5.75 Å². The second-order valence-electron chi connectivity index (χ2n) is 10.1. The van der Waals surface area contributed by atoms with Crippen molar-refractivity contribution in [2.45, 2.75) is 58.3 Å². The second-order valence-corrected chi connectivity index (χ2v) is 10.5. The number of ether oxygens (including phenoxy) is 1. The zero-order valence-electron chi connectivity index (χ0n) is 21.4. The summed E-state index contributed by atoms with van der Waals surface area (Å²) < 4.78 is 6.05. The Morgan fingerprint density at radius 1 is 0.973 bits per heavy atom. The molecule has 1 heterocycles. The highest BCUT2D eigenvalue weighted by Crippen LogP contribution is 2.50. The van der Waals surface area contributed by atoms with Crippen LogP contribution in [0.15, 0.2) is 58.9 Å². The van der Waals surface area contributed by atoms with Crippen molar-refractivity contribution in [2.24, 2.45) is 0 Å². The molecule has 1 aliphatic heterocycles. The van der Waals surface area contributed by atoms with E-state index in [0.29, 0.717) is 40.3 Å². The molecule has 0 fully saturated rings. The van der Waals surface area contributed by atoms with E-state index in [4.69, 9.17) is 16.3 Å². The Labute approximate surface area is 222 Å². The third kappa shape index (κ3) is 4.82. The summed E-state index contributed by atoms with van der Waals surface area (Å²) in [5.74, 6) is -0.272. The summed E-state index contributed by atoms with van der Waals surface area (Å²) in [6.45, 7) is 3.69. The van der Waals surface area contributed by atoms with Gasteiger partial charge >= 0.3 is 0 Å². The lowest BCUT2D eigenvalue weighted by molar-refractivity contribution is -0.119. The van der Waals surface area contributed by atoms with Gasteiger partial charge in [0.15, 0.2) is 18.2 Å². The number of aryl methyl sites for hydroxylation is 2. The Hall–Kier alpha value is -3.38. The first-order chi connectivity index (χ1) is 17.7. The number of ketones is 2. The Balaban J connectivity index is 1.51. The van der Waals surface area contributed by atoms with E-state index in [1.54, 1.807) is 18.2 Å². The summed E-state index contributed by atoms with van der Waals surface area (Å²) in [4.78, 5) is 41.5. The van der Waals surface area contributed by atoms with Gasteiger partial charge in [0.05, 0.1) is 0 Å². The third-order valence-electron chi connectivity index (χ3n) is 7.55. The number of hydrogen-bond acceptors (Lipinski definition) is 5. The predicted octanol–water partition coefficient (Wildman–Crippen LogP) is 6.02. The molecule has 2 aromatic carbocycles. The Bertz CT molecular complexity index is 1330. The van der Waals surface area contributed by atoms with Crippen molar-refractivity contribution in [1.82, 2.24) is 4.90 Å². The van der Waals surface area contributed by atoms with Crippen LogP contribution in [0.1, 0.15) is 61.1 Å². The average Bonchev–Trinajstić information content (AvgIpc) is 2.87. The van der Waals surface area contributed by atoms with Gasteiger partial charge in [0.2, 0.25) is 0 Å². The summed E-state index contributed by atoms with van der Waals surface area (Å²) in [5.41, 5.74) is 6.69. The summed E-state index contributed by atoms with van der Waals surface area (Å²) in [6, 6.07) is 11.1. The molecule has 0 aromatic heterocycles. The first-order valence-corrected chi connectivity index (χ1v) is 13.2. The van der Waals surface area contributed by atoms with Crippen LogP contribution in [0.2, 0.25) is 5.02 Å². The molecule has 0 atom stereocenters. The topological polar surface area (TPSA) is 75.7 Å². The fraction of sp³-hybridized carbons (Fsp3) is 0.367. The number of hydrogen-bond donors (Lipinski definition) is 1. The smallest absolute Gasteiger partial charge is 0.262 e. The Morgan fingerprint density at radius 3 is 2.27 bits per heavy atom. The molecule has 2 aliphatic carbocycles. The molecular weight excluding hydrogens is 488 g/mol. The summed E-state index contributed by atoms with van der Waals surface area (Å²) in [7, 11) is 1.96. The quantitative estimate of drug-likeness (QED) is 0.524. The van der Waals surface area contributed by atoms with Crippen molar-refractivity contribution in [3.8, 4) is 5.75 Å². The van der Waals surface area contributed by atoms with Gasteiger partial charge in [0.1, 0.15) is 5.75 Å². The van der Waals surface area contributed by atoms with E-state index in [2.05, 4.69) is 10.2 Å². The van der Waals surface area contributed by atoms with Gasteiger partial charge < -0.3 is 15.0 Å². The average molecular weight is 519 g/mol. The standard InChI is InChI=1S/C30H31ClN2O4/c1-17-10-11-18(2)21(14-17)32-27(36)16-37-26-13-12-19(31)15-20(26)28-29-22(6-4-8-24(29)34)33(3)23-7-5-9-25(35)30(23)28/h10-15,28H,4-9,16H2,1-3H3,(H,32,36). The SMILES string of the molecule is Cc1ccc(C)c(NC(=O)COc2ccc(Cl)cc2C2C3=C(CCCC3=O)N(C)C3=C2C(=O)CCC3)c1. The normalized spacial score (nSPS) is 18.1. The van der Waals surface area contributed by atoms with Crippen molar-refractivity contribution in [3.05, 3.63) is 80.7 Å². The highest BCUT2D eigenvalue weighted by molar-refractivity contribution is 6.30. The lowest BCUT2D eigenvalue weighted by Crippen LogP contribution is -2.37. The second kappa shape index (κ2) is 10.2. The maximum absolute atomic E-state index is 13.3. The van der Waals surface area contributed by atoms with Crippen molar-refractivity contribution in [3.63, 3.8) is 0 Å². The van der Waals surface area contributed by atoms with Crippen LogP contribution in [-0.4, -0.2) is 36.0 Å². The number of halogens is 1. The molecule has 0 saturated carbocycles. The Morgan fingerprint density at radius 2 is 1.62 bits per heavy atom. The van der Waals surface area contributed by atoms with Gasteiger partial charge in [-0.3, -0.25) is 14.4 Å². The molecule has 0 spiro atoms. The number of carbonyl (C=O) groups is 3. The van der Waals surface area contributed by atoms with E-state index in [0.717, 1.165) is 53.9 Å². The van der Waals surface area contributed by atoms with Gasteiger partial charge in [0.25, 0.3) is 5.91 Å². The van der Waals surface area contributed by atoms with Gasteiger partial charge in [-0.15, -0.1) is 0 Å². The zero-order valence-corrected chi connectivity index (χ0v) is 22.2. The first kappa shape index (κ1) is 25.3. The zero-order chi connectivity index (χ0) is 26.3. The molecule has 2 aromatic rings. The lowest BCUT2D eigenvalue weighted by atomic mass is 9.71. The maximum Gasteiger partial charge on any atom is 0.262 e. The van der Waals surface area contributed by atoms with Gasteiger partial charge in [-0.2, -0.15) is 0 Å². The number of rotatable bonds is 5. The largest absolute Gasteiger partial charge is 0.483 e. The van der Waals surface area contributed by atoms with Gasteiger partial charge in [-0.25, -0.2) is 0 Å². The van der Waals surface area contributed by atoms with Crippen molar-refractivity contribution in [1.29, 1.82) is 0 Å². The fourth-order valence-electron chi connectivity index (χ4n) is 5.74. The predicted molar refractivity (Wildman–Crippen MR) is 144 cm³/mol. The maximum atomic E-state index is 13.3. The fourth-order valence-corrected chi connectivity index (χ4v) is 5.92. The number of anilines is 1. The van der Waals surface area contributed by atoms with Crippen LogP contribution in [0.4, 0.5) is 5.69 Å². The molecular formula is C30H31ClN2O4. The molecule has 5 rings (SSSR count). The molecule has 1 amide bonds. The molecule has 3 aliphatic rings. The third-order valence-corrected chi connectivity index (χ3v) is 7.79. The van der Waals surface area contributed by atoms with E-state index >= 15 is 0 Å². The van der Waals surface area contributed by atoms with Crippen LogP contribution in [0, 0.1) is 13.8 Å². The van der Waals surface area contributed by atoms with Crippen LogP contribution in [-0.2, 0) is 14.4 Å². The van der Waals surface area contributed by atoms with Gasteiger partial charge in [-0.05, 0) is 74.9 Å². The minimum absolute atomic E-state index is 0.0571.